The summed E-state index contributed by atoms with van der Waals surface area (Å²) in [7, 11) is 0. The number of hydrogen-bond donors (Lipinski definition) is 4. The van der Waals surface area contributed by atoms with Gasteiger partial charge in [0.2, 0.25) is 11.9 Å². The Kier molecular flexibility index (Phi) is 8.80. The smallest absolute Gasteiger partial charge is 0.211 e. The van der Waals surface area contributed by atoms with Crippen molar-refractivity contribution in [2.45, 2.75) is 6.92 Å². The third-order valence-electron chi connectivity index (χ3n) is 0.741. The molecule has 0 aromatic carbocycles. The van der Waals surface area contributed by atoms with Crippen LogP contribution in [-0.2, 0) is 21.1 Å². The van der Waals surface area contributed by atoms with Gasteiger partial charge in [0.05, 0.1) is 11.9 Å². The summed E-state index contributed by atoms with van der Waals surface area (Å²) in [6, 6.07) is 0. The van der Waals surface area contributed by atoms with Crippen molar-refractivity contribution >= 4 is 23.8 Å². The fourth-order valence-corrected chi connectivity index (χ4v) is 0.342. The van der Waals surface area contributed by atoms with Gasteiger partial charge in [0.15, 0.2) is 0 Å². The zero-order valence-corrected chi connectivity index (χ0v) is 10.5. The van der Waals surface area contributed by atoms with Crippen molar-refractivity contribution in [2.75, 3.05) is 0 Å². The van der Waals surface area contributed by atoms with E-state index >= 15 is 0 Å². The van der Waals surface area contributed by atoms with Crippen LogP contribution in [0.2, 0.25) is 0 Å². The zero-order valence-electron chi connectivity index (χ0n) is 7.58. The van der Waals surface area contributed by atoms with Gasteiger partial charge in [0, 0.05) is 21.1 Å². The van der Waals surface area contributed by atoms with Crippen LogP contribution in [0.5, 0.6) is 0 Å². The molecule has 0 aromatic heterocycles. The van der Waals surface area contributed by atoms with E-state index in [-0.39, 0.29) is 33.0 Å². The molecule has 9 heteroatoms. The van der Waals surface area contributed by atoms with Crippen molar-refractivity contribution in [2.24, 2.45) is 43.3 Å². The first-order chi connectivity index (χ1) is 6.02. The second-order valence-electron chi connectivity index (χ2n) is 2.04. The van der Waals surface area contributed by atoms with Gasteiger partial charge in [-0.25, -0.2) is 0 Å². The third-order valence-corrected chi connectivity index (χ3v) is 0.741. The molecule has 0 saturated carbocycles. The third kappa shape index (κ3) is 10.6. The Morgan fingerprint density at radius 1 is 0.929 bits per heavy atom. The van der Waals surface area contributed by atoms with Gasteiger partial charge in [-0.3, -0.25) is 0 Å². The molecule has 0 amide bonds. The maximum absolute atomic E-state index is 5.03. The Balaban J connectivity index is 0. The van der Waals surface area contributed by atoms with Crippen LogP contribution in [0.3, 0.4) is 0 Å². The first kappa shape index (κ1) is 15.1. The number of hydrogen-bond acceptors (Lipinski definition) is 4. The average Bonchev–Trinajstić information content (AvgIpc) is 2.00. The maximum atomic E-state index is 5.03. The van der Waals surface area contributed by atoms with Crippen molar-refractivity contribution in [1.29, 1.82) is 0 Å². The predicted octanol–water partition coefficient (Wildman–Crippen LogP) is -2.11. The van der Waals surface area contributed by atoms with E-state index < -0.39 is 0 Å². The number of nitrogens with two attached hydrogens (primary N) is 4. The van der Waals surface area contributed by atoms with E-state index in [1.54, 1.807) is 6.92 Å². The zero-order chi connectivity index (χ0) is 10.3. The second-order valence-corrected chi connectivity index (χ2v) is 2.04. The molecule has 0 aliphatic carbocycles. The molecule has 0 fully saturated rings. The van der Waals surface area contributed by atoms with E-state index in [4.69, 9.17) is 22.9 Å². The average molecular weight is 368 g/mol. The first-order valence-electron chi connectivity index (χ1n) is 3.27. The fourth-order valence-electron chi connectivity index (χ4n) is 0.342. The number of nitrogens with zero attached hydrogens (tertiary/aromatic N) is 4. The summed E-state index contributed by atoms with van der Waals surface area (Å²) in [5, 5.41) is 13.8. The van der Waals surface area contributed by atoms with Gasteiger partial charge in [0.25, 0.3) is 0 Å². The Labute approximate surface area is 95.5 Å². The molecule has 0 saturated heterocycles. The van der Waals surface area contributed by atoms with E-state index in [9.17, 15) is 0 Å². The molecule has 0 aliphatic rings. The first-order valence-corrected chi connectivity index (χ1v) is 3.27. The van der Waals surface area contributed by atoms with E-state index in [2.05, 4.69) is 20.4 Å². The van der Waals surface area contributed by atoms with E-state index in [0.717, 1.165) is 0 Å². The van der Waals surface area contributed by atoms with Crippen molar-refractivity contribution < 1.29 is 21.1 Å². The van der Waals surface area contributed by atoms with Crippen molar-refractivity contribution in [3.63, 3.8) is 0 Å². The molecule has 0 aliphatic heterocycles. The van der Waals surface area contributed by atoms with E-state index in [1.165, 1.54) is 6.21 Å². The molecule has 0 spiro atoms. The van der Waals surface area contributed by atoms with Crippen LogP contribution in [0, 0.1) is 0 Å². The minimum Gasteiger partial charge on any atom is -0.369 e. The molecule has 8 nitrogen and oxygen atoms in total. The summed E-state index contributed by atoms with van der Waals surface area (Å²) in [6.07, 6.45) is 1.31. The van der Waals surface area contributed by atoms with Gasteiger partial charge in [-0.1, -0.05) is 0 Å². The topological polar surface area (TPSA) is 154 Å². The Hall–Kier alpha value is -1.43. The van der Waals surface area contributed by atoms with Crippen LogP contribution in [0.15, 0.2) is 20.4 Å². The van der Waals surface area contributed by atoms with Crippen LogP contribution in [0.1, 0.15) is 6.92 Å². The minimum atomic E-state index is -0.133. The predicted molar refractivity (Wildman–Crippen MR) is 53.2 cm³/mol. The molecule has 0 atom stereocenters. The van der Waals surface area contributed by atoms with E-state index in [1.807, 2.05) is 0 Å². The molecule has 0 radical (unpaired) electrons. The molecule has 14 heavy (non-hydrogen) atoms. The molecular weight excluding hydrogens is 356 g/mol. The van der Waals surface area contributed by atoms with Crippen molar-refractivity contribution in [3.05, 3.63) is 0 Å². The van der Waals surface area contributed by atoms with Crippen LogP contribution >= 0.6 is 0 Å². The standard InChI is InChI=1S/C5H12N8.W/c1-3(11-13-5(8)9)2-10-12-4(6)7;/h2H,1H3,(H4,6,7,12)(H4,8,9,13);/b10-2+,11-3+;. The molecule has 0 bridgehead atoms. The van der Waals surface area contributed by atoms with Crippen LogP contribution in [0.25, 0.3) is 0 Å². The molecule has 78 valence electrons. The van der Waals surface area contributed by atoms with Gasteiger partial charge < -0.3 is 22.9 Å². The van der Waals surface area contributed by atoms with E-state index in [0.29, 0.717) is 5.71 Å². The van der Waals surface area contributed by atoms with Crippen LogP contribution < -0.4 is 22.9 Å². The number of guanidine groups is 2. The largest absolute Gasteiger partial charge is 0.369 e. The maximum Gasteiger partial charge on any atom is 0.211 e. The SMILES string of the molecule is CC(/C=N/N=C(N)N)=N\N=C(N)N.[W]. The fraction of sp³-hybridized carbons (Fsp3) is 0.200. The Morgan fingerprint density at radius 2 is 1.43 bits per heavy atom. The minimum absolute atomic E-state index is 0. The normalized spacial score (nSPS) is 10.5. The molecule has 0 rings (SSSR count). The van der Waals surface area contributed by atoms with Gasteiger partial charge in [-0.2, -0.15) is 10.2 Å². The summed E-state index contributed by atoms with van der Waals surface area (Å²) in [6.45, 7) is 1.64. The summed E-state index contributed by atoms with van der Waals surface area (Å²) in [5.74, 6) is -0.263. The Bertz CT molecular complexity index is 269. The van der Waals surface area contributed by atoms with Gasteiger partial charge in [0.1, 0.15) is 0 Å². The quantitative estimate of drug-likeness (QED) is 0.256. The van der Waals surface area contributed by atoms with Crippen molar-refractivity contribution in [1.82, 2.24) is 0 Å². The van der Waals surface area contributed by atoms with Gasteiger partial charge in [-0.05, 0) is 6.92 Å². The van der Waals surface area contributed by atoms with Gasteiger partial charge >= 0.3 is 0 Å². The molecule has 0 aromatic rings. The van der Waals surface area contributed by atoms with Crippen LogP contribution in [0.4, 0.5) is 0 Å². The summed E-state index contributed by atoms with van der Waals surface area (Å²) >= 11 is 0. The Morgan fingerprint density at radius 3 is 1.86 bits per heavy atom. The molecule has 0 heterocycles. The molecule has 8 N–H and O–H groups in total. The molecular formula is C5H12N8W. The molecule has 0 unspecified atom stereocenters. The monoisotopic (exact) mass is 368 g/mol. The summed E-state index contributed by atoms with van der Waals surface area (Å²) in [4.78, 5) is 0. The second kappa shape index (κ2) is 8.18. The van der Waals surface area contributed by atoms with Gasteiger partial charge in [-0.15, -0.1) is 10.2 Å². The van der Waals surface area contributed by atoms with Crippen molar-refractivity contribution in [3.8, 4) is 0 Å². The summed E-state index contributed by atoms with van der Waals surface area (Å²) in [5.41, 5.74) is 20.5. The number of rotatable bonds is 3. The van der Waals surface area contributed by atoms with Crippen LogP contribution in [-0.4, -0.2) is 23.8 Å². The summed E-state index contributed by atoms with van der Waals surface area (Å²) < 4.78 is 0.